The largest absolute Gasteiger partial charge is 0.481 e. The number of ether oxygens (including phenoxy) is 1. The summed E-state index contributed by atoms with van der Waals surface area (Å²) in [5, 5.41) is 12.4. The van der Waals surface area contributed by atoms with Gasteiger partial charge < -0.3 is 20.1 Å². The van der Waals surface area contributed by atoms with Crippen LogP contribution >= 0.6 is 0 Å². The monoisotopic (exact) mass is 476 g/mol. The number of nitrogens with zero attached hydrogens (tertiary/aromatic N) is 1. The van der Waals surface area contributed by atoms with Crippen LogP contribution in [0.1, 0.15) is 50.2 Å². The van der Waals surface area contributed by atoms with Crippen molar-refractivity contribution in [2.24, 2.45) is 17.8 Å². The minimum Gasteiger partial charge on any atom is -0.481 e. The quantitative estimate of drug-likeness (QED) is 0.650. The summed E-state index contributed by atoms with van der Waals surface area (Å²) >= 11 is 0. The summed E-state index contributed by atoms with van der Waals surface area (Å²) in [7, 11) is 0. The number of rotatable bonds is 6. The predicted molar refractivity (Wildman–Crippen MR) is 131 cm³/mol. The summed E-state index contributed by atoms with van der Waals surface area (Å²) in [5.41, 5.74) is 4.56. The molecule has 4 atom stereocenters. The van der Waals surface area contributed by atoms with Crippen LogP contribution in [0.5, 0.6) is 0 Å². The second-order valence-corrected chi connectivity index (χ2v) is 10.4. The molecule has 4 unspecified atom stereocenters. The van der Waals surface area contributed by atoms with Crippen molar-refractivity contribution < 1.29 is 24.2 Å². The van der Waals surface area contributed by atoms with Crippen molar-refractivity contribution in [1.82, 2.24) is 10.2 Å². The number of carboxylic acids is 1. The lowest BCUT2D eigenvalue weighted by Crippen LogP contribution is -2.62. The topological polar surface area (TPSA) is 95.9 Å². The van der Waals surface area contributed by atoms with Crippen LogP contribution in [0, 0.1) is 17.8 Å². The lowest BCUT2D eigenvalue weighted by Gasteiger charge is -2.49. The Hall–Kier alpha value is -3.35. The number of benzene rings is 2. The Morgan fingerprint density at radius 1 is 1.03 bits per heavy atom. The Bertz CT molecular complexity index is 1100. The molecular weight excluding hydrogens is 444 g/mol. The molecule has 2 aliphatic carbocycles. The van der Waals surface area contributed by atoms with Crippen LogP contribution in [0.15, 0.2) is 48.5 Å². The van der Waals surface area contributed by atoms with Gasteiger partial charge in [-0.15, -0.1) is 0 Å². The average molecular weight is 477 g/mol. The molecule has 0 spiro atoms. The Morgan fingerprint density at radius 3 is 2.23 bits per heavy atom. The third-order valence-electron chi connectivity index (χ3n) is 7.93. The van der Waals surface area contributed by atoms with E-state index in [0.717, 1.165) is 28.7 Å². The van der Waals surface area contributed by atoms with Crippen LogP contribution in [-0.2, 0) is 14.3 Å². The van der Waals surface area contributed by atoms with Gasteiger partial charge in [0.15, 0.2) is 0 Å². The van der Waals surface area contributed by atoms with Crippen molar-refractivity contribution in [3.63, 3.8) is 0 Å². The number of alkyl carbamates (subject to hydrolysis) is 1. The molecule has 2 N–H and O–H groups in total. The summed E-state index contributed by atoms with van der Waals surface area (Å²) in [4.78, 5) is 39.8. The zero-order valence-electron chi connectivity index (χ0n) is 20.1. The zero-order valence-corrected chi connectivity index (χ0v) is 20.1. The predicted octanol–water partition coefficient (Wildman–Crippen LogP) is 4.26. The lowest BCUT2D eigenvalue weighted by molar-refractivity contribution is -0.157. The molecule has 0 radical (unpaired) electrons. The fraction of sp³-hybridized carbons (Fsp3) is 0.464. The normalized spacial score (nSPS) is 23.5. The van der Waals surface area contributed by atoms with Gasteiger partial charge in [0.2, 0.25) is 5.91 Å². The van der Waals surface area contributed by atoms with Gasteiger partial charge in [0.25, 0.3) is 0 Å². The maximum atomic E-state index is 13.5. The van der Waals surface area contributed by atoms with Crippen molar-refractivity contribution in [1.29, 1.82) is 0 Å². The molecule has 7 heteroatoms. The number of nitrogens with one attached hydrogen (secondary N) is 1. The van der Waals surface area contributed by atoms with Crippen LogP contribution in [0.2, 0.25) is 0 Å². The molecule has 2 aliphatic heterocycles. The highest BCUT2D eigenvalue weighted by Crippen LogP contribution is 2.44. The standard InChI is InChI=1S/C28H32N2O5/c1-16(2)25(26(31)30-14-17-11-12-24(30)22(13-17)27(32)33)29-28(34)35-15-23-20-9-5-3-7-18(20)19-8-4-6-10-21(19)23/h3-10,16-17,22-25H,11-15H2,1-2H3,(H,29,34)(H,32,33). The number of carboxylic acid groups (broad SMARTS) is 1. The first kappa shape index (κ1) is 23.4. The van der Waals surface area contributed by atoms with E-state index < -0.39 is 24.0 Å². The van der Waals surface area contributed by atoms with E-state index in [2.05, 4.69) is 29.6 Å². The van der Waals surface area contributed by atoms with E-state index >= 15 is 0 Å². The van der Waals surface area contributed by atoms with Gasteiger partial charge in [-0.3, -0.25) is 9.59 Å². The van der Waals surface area contributed by atoms with Gasteiger partial charge in [0.05, 0.1) is 5.92 Å². The number of piperidine rings is 2. The molecule has 2 aromatic rings. The first-order valence-corrected chi connectivity index (χ1v) is 12.5. The van der Waals surface area contributed by atoms with Gasteiger partial charge in [-0.2, -0.15) is 0 Å². The van der Waals surface area contributed by atoms with Gasteiger partial charge in [0.1, 0.15) is 12.6 Å². The smallest absolute Gasteiger partial charge is 0.407 e. The molecule has 2 amide bonds. The zero-order chi connectivity index (χ0) is 24.7. The number of carbonyl (C=O) groups is 3. The summed E-state index contributed by atoms with van der Waals surface area (Å²) in [6, 6.07) is 15.2. The van der Waals surface area contributed by atoms with Crippen molar-refractivity contribution in [3.05, 3.63) is 59.7 Å². The lowest BCUT2D eigenvalue weighted by atomic mass is 9.72. The molecule has 1 saturated carbocycles. The fourth-order valence-corrected chi connectivity index (χ4v) is 6.17. The SMILES string of the molecule is CC(C)C(NC(=O)OCC1c2ccccc2-c2ccccc21)C(=O)N1CC2CCC1C(C(=O)O)C2. The molecule has 184 valence electrons. The van der Waals surface area contributed by atoms with E-state index in [1.54, 1.807) is 4.90 Å². The number of amides is 2. The van der Waals surface area contributed by atoms with Gasteiger partial charge in [-0.1, -0.05) is 62.4 Å². The van der Waals surface area contributed by atoms with Gasteiger partial charge in [-0.05, 0) is 53.4 Å². The second kappa shape index (κ2) is 9.36. The third-order valence-corrected chi connectivity index (χ3v) is 7.93. The highest BCUT2D eigenvalue weighted by molar-refractivity contribution is 5.87. The van der Waals surface area contributed by atoms with Gasteiger partial charge >= 0.3 is 12.1 Å². The van der Waals surface area contributed by atoms with Crippen molar-refractivity contribution in [2.45, 2.75) is 51.1 Å². The van der Waals surface area contributed by atoms with Crippen LogP contribution in [0.25, 0.3) is 11.1 Å². The van der Waals surface area contributed by atoms with Crippen LogP contribution < -0.4 is 5.32 Å². The Balaban J connectivity index is 1.27. The Morgan fingerprint density at radius 2 is 1.66 bits per heavy atom. The van der Waals surface area contributed by atoms with E-state index in [4.69, 9.17) is 4.74 Å². The third kappa shape index (κ3) is 4.28. The van der Waals surface area contributed by atoms with Gasteiger partial charge in [-0.25, -0.2) is 4.79 Å². The van der Waals surface area contributed by atoms with Crippen LogP contribution in [0.4, 0.5) is 4.79 Å². The first-order valence-electron chi connectivity index (χ1n) is 12.5. The number of aliphatic carboxylic acids is 1. The number of carbonyl (C=O) groups excluding carboxylic acids is 2. The molecule has 2 heterocycles. The molecule has 2 bridgehead atoms. The fourth-order valence-electron chi connectivity index (χ4n) is 6.17. The number of hydrogen-bond donors (Lipinski definition) is 2. The summed E-state index contributed by atoms with van der Waals surface area (Å²) in [6.07, 6.45) is 1.64. The molecular formula is C28H32N2O5. The minimum atomic E-state index is -0.845. The highest BCUT2D eigenvalue weighted by atomic mass is 16.5. The Kier molecular flexibility index (Phi) is 6.26. The summed E-state index contributed by atoms with van der Waals surface area (Å²) in [5.74, 6) is -1.61. The van der Waals surface area contributed by atoms with E-state index in [0.29, 0.717) is 19.4 Å². The van der Waals surface area contributed by atoms with Crippen molar-refractivity contribution in [3.8, 4) is 11.1 Å². The van der Waals surface area contributed by atoms with E-state index in [1.807, 2.05) is 38.1 Å². The molecule has 35 heavy (non-hydrogen) atoms. The maximum Gasteiger partial charge on any atom is 0.407 e. The van der Waals surface area contributed by atoms with Crippen LogP contribution in [0.3, 0.4) is 0 Å². The van der Waals surface area contributed by atoms with Crippen molar-refractivity contribution >= 4 is 18.0 Å². The summed E-state index contributed by atoms with van der Waals surface area (Å²) < 4.78 is 5.66. The van der Waals surface area contributed by atoms with E-state index in [9.17, 15) is 19.5 Å². The molecule has 2 aromatic carbocycles. The number of fused-ring (bicyclic) bond motifs is 6. The average Bonchev–Trinajstić information content (AvgIpc) is 3.19. The molecule has 0 aromatic heterocycles. The minimum absolute atomic E-state index is 0.0597. The maximum absolute atomic E-state index is 13.5. The van der Waals surface area contributed by atoms with E-state index in [1.165, 1.54) is 0 Å². The second-order valence-electron chi connectivity index (χ2n) is 10.4. The van der Waals surface area contributed by atoms with E-state index in [-0.39, 0.29) is 36.3 Å². The molecule has 7 nitrogen and oxygen atoms in total. The van der Waals surface area contributed by atoms with Crippen LogP contribution in [-0.4, -0.2) is 53.2 Å². The van der Waals surface area contributed by atoms with Crippen molar-refractivity contribution in [2.75, 3.05) is 13.2 Å². The molecule has 4 aliphatic rings. The molecule has 2 saturated heterocycles. The summed E-state index contributed by atoms with van der Waals surface area (Å²) in [6.45, 7) is 4.49. The first-order chi connectivity index (χ1) is 16.8. The Labute approximate surface area is 205 Å². The highest BCUT2D eigenvalue weighted by Gasteiger charge is 2.47. The molecule has 6 rings (SSSR count). The number of hydrogen-bond acceptors (Lipinski definition) is 4. The van der Waals surface area contributed by atoms with Gasteiger partial charge in [0, 0.05) is 18.5 Å². The molecule has 3 fully saturated rings.